The third kappa shape index (κ3) is 4.58. The molecule has 1 rings (SSSR count). The highest BCUT2D eigenvalue weighted by atomic mass is 35.5. The van der Waals surface area contributed by atoms with Gasteiger partial charge < -0.3 is 10.5 Å². The summed E-state index contributed by atoms with van der Waals surface area (Å²) in [6.45, 7) is 7.70. The van der Waals surface area contributed by atoms with Crippen LogP contribution in [-0.4, -0.2) is 14.7 Å². The normalized spacial score (nSPS) is 11.5. The van der Waals surface area contributed by atoms with Crippen molar-refractivity contribution in [1.82, 2.24) is 0 Å². The van der Waals surface area contributed by atoms with Gasteiger partial charge in [-0.1, -0.05) is 31.2 Å². The molecule has 0 fully saturated rings. The van der Waals surface area contributed by atoms with Crippen LogP contribution in [0, 0.1) is 0 Å². The maximum Gasteiger partial charge on any atom is 0.138 e. The third-order valence-corrected chi connectivity index (χ3v) is 4.07. The maximum absolute atomic E-state index is 5.99. The number of hydrogen-bond acceptors (Lipinski definition) is 2. The van der Waals surface area contributed by atoms with Crippen LogP contribution in [0.2, 0.25) is 30.7 Å². The van der Waals surface area contributed by atoms with E-state index in [2.05, 4.69) is 19.6 Å². The Labute approximate surface area is 97.4 Å². The number of anilines is 1. The van der Waals surface area contributed by atoms with Crippen LogP contribution in [0.25, 0.3) is 0 Å². The molecular weight excluding hydrogens is 226 g/mol. The second kappa shape index (κ2) is 4.90. The molecule has 0 saturated carbocycles. The number of halogens is 1. The molecule has 0 unspecified atom stereocenters. The maximum atomic E-state index is 5.99. The van der Waals surface area contributed by atoms with Crippen LogP contribution < -0.4 is 10.5 Å². The Bertz CT molecular complexity index is 336. The first-order valence-corrected chi connectivity index (χ1v) is 9.15. The minimum absolute atomic E-state index is 0.588. The summed E-state index contributed by atoms with van der Waals surface area (Å²) in [7, 11) is -1.03. The molecular formula is C11H18ClNOSi. The lowest BCUT2D eigenvalue weighted by Crippen LogP contribution is -2.22. The van der Waals surface area contributed by atoms with Gasteiger partial charge in [-0.05, 0) is 24.2 Å². The third-order valence-electron chi connectivity index (χ3n) is 2.07. The molecule has 0 amide bonds. The smallest absolute Gasteiger partial charge is 0.138 e. The van der Waals surface area contributed by atoms with E-state index in [-0.39, 0.29) is 0 Å². The van der Waals surface area contributed by atoms with Gasteiger partial charge in [0.15, 0.2) is 0 Å². The van der Waals surface area contributed by atoms with Crippen LogP contribution >= 0.6 is 11.6 Å². The number of benzene rings is 1. The van der Waals surface area contributed by atoms with Gasteiger partial charge in [0.05, 0.1) is 11.6 Å². The lowest BCUT2D eigenvalue weighted by Gasteiger charge is -2.16. The summed E-state index contributed by atoms with van der Waals surface area (Å²) in [6, 6.07) is 6.47. The molecule has 4 heteroatoms. The summed E-state index contributed by atoms with van der Waals surface area (Å²) in [4.78, 5) is 0. The molecule has 0 radical (unpaired) electrons. The van der Waals surface area contributed by atoms with Crippen molar-refractivity contribution in [3.05, 3.63) is 23.2 Å². The Balaban J connectivity index is 2.51. The van der Waals surface area contributed by atoms with Gasteiger partial charge in [-0.2, -0.15) is 0 Å². The van der Waals surface area contributed by atoms with E-state index in [1.165, 1.54) is 0 Å². The van der Waals surface area contributed by atoms with Crippen molar-refractivity contribution in [2.75, 3.05) is 12.3 Å². The monoisotopic (exact) mass is 243 g/mol. The van der Waals surface area contributed by atoms with E-state index in [1.807, 2.05) is 6.07 Å². The van der Waals surface area contributed by atoms with Crippen LogP contribution in [0.4, 0.5) is 5.69 Å². The number of rotatable bonds is 4. The number of nitrogens with two attached hydrogens (primary N) is 1. The zero-order valence-electron chi connectivity index (χ0n) is 9.51. The van der Waals surface area contributed by atoms with Gasteiger partial charge in [-0.3, -0.25) is 0 Å². The van der Waals surface area contributed by atoms with Crippen LogP contribution in [0.3, 0.4) is 0 Å². The van der Waals surface area contributed by atoms with E-state index in [4.69, 9.17) is 22.1 Å². The van der Waals surface area contributed by atoms with Crippen molar-refractivity contribution in [2.24, 2.45) is 0 Å². The van der Waals surface area contributed by atoms with Crippen molar-refractivity contribution >= 4 is 25.4 Å². The molecule has 0 aliphatic heterocycles. The molecule has 1 aromatic carbocycles. The Morgan fingerprint density at radius 2 is 2.00 bits per heavy atom. The first-order chi connectivity index (χ1) is 6.88. The molecule has 15 heavy (non-hydrogen) atoms. The Kier molecular flexibility index (Phi) is 4.05. The fourth-order valence-corrected chi connectivity index (χ4v) is 2.06. The second-order valence-corrected chi connectivity index (χ2v) is 10.9. The lowest BCUT2D eigenvalue weighted by atomic mass is 10.3. The first-order valence-electron chi connectivity index (χ1n) is 5.06. The van der Waals surface area contributed by atoms with Crippen LogP contribution in [0.15, 0.2) is 18.2 Å². The van der Waals surface area contributed by atoms with Gasteiger partial charge in [0, 0.05) is 13.8 Å². The summed E-state index contributed by atoms with van der Waals surface area (Å²) in [6.07, 6.45) is 0. The highest BCUT2D eigenvalue weighted by molar-refractivity contribution is 6.76. The minimum Gasteiger partial charge on any atom is -0.492 e. The van der Waals surface area contributed by atoms with Gasteiger partial charge in [0.2, 0.25) is 0 Å². The number of nitrogen functional groups attached to an aromatic ring is 1. The second-order valence-electron chi connectivity index (χ2n) is 4.85. The van der Waals surface area contributed by atoms with Gasteiger partial charge in [0.25, 0.3) is 0 Å². The number of ether oxygens (including phenoxy) is 1. The molecule has 0 heterocycles. The van der Waals surface area contributed by atoms with Crippen LogP contribution in [-0.2, 0) is 0 Å². The standard InChI is InChI=1S/C11H18ClNOSi/c1-15(2,3)7-6-14-11-5-4-9(13)8-10(11)12/h4-5,8H,6-7,13H2,1-3H3. The zero-order chi connectivity index (χ0) is 11.5. The topological polar surface area (TPSA) is 35.2 Å². The average molecular weight is 244 g/mol. The van der Waals surface area contributed by atoms with Crippen molar-refractivity contribution in [3.8, 4) is 5.75 Å². The lowest BCUT2D eigenvalue weighted by molar-refractivity contribution is 0.338. The molecule has 0 aliphatic carbocycles. The molecule has 0 aliphatic rings. The largest absolute Gasteiger partial charge is 0.492 e. The predicted octanol–water partition coefficient (Wildman–Crippen LogP) is 3.64. The summed E-state index contributed by atoms with van der Waals surface area (Å²) < 4.78 is 5.62. The van der Waals surface area contributed by atoms with Crippen molar-refractivity contribution < 1.29 is 4.74 Å². The van der Waals surface area contributed by atoms with Gasteiger partial charge in [-0.25, -0.2) is 0 Å². The molecule has 84 valence electrons. The first kappa shape index (κ1) is 12.4. The Hall–Kier alpha value is -0.673. The predicted molar refractivity (Wildman–Crippen MR) is 69.5 cm³/mol. The highest BCUT2D eigenvalue weighted by Gasteiger charge is 2.13. The van der Waals surface area contributed by atoms with Gasteiger partial charge in [-0.15, -0.1) is 0 Å². The van der Waals surface area contributed by atoms with E-state index in [9.17, 15) is 0 Å². The molecule has 0 atom stereocenters. The summed E-state index contributed by atoms with van der Waals surface area (Å²) in [5, 5.41) is 0.588. The number of hydrogen-bond donors (Lipinski definition) is 1. The molecule has 2 N–H and O–H groups in total. The molecule has 0 aromatic heterocycles. The van der Waals surface area contributed by atoms with Crippen LogP contribution in [0.1, 0.15) is 0 Å². The fraction of sp³-hybridized carbons (Fsp3) is 0.455. The van der Waals surface area contributed by atoms with Crippen LogP contribution in [0.5, 0.6) is 5.75 Å². The van der Waals surface area contributed by atoms with E-state index in [0.29, 0.717) is 10.7 Å². The highest BCUT2D eigenvalue weighted by Crippen LogP contribution is 2.26. The van der Waals surface area contributed by atoms with Crippen molar-refractivity contribution in [2.45, 2.75) is 25.7 Å². The minimum atomic E-state index is -1.03. The summed E-state index contributed by atoms with van der Waals surface area (Å²) in [5.74, 6) is 0.726. The Morgan fingerprint density at radius 1 is 1.33 bits per heavy atom. The molecule has 2 nitrogen and oxygen atoms in total. The quantitative estimate of drug-likeness (QED) is 0.647. The van der Waals surface area contributed by atoms with Gasteiger partial charge >= 0.3 is 0 Å². The Morgan fingerprint density at radius 3 is 2.53 bits per heavy atom. The van der Waals surface area contributed by atoms with E-state index < -0.39 is 8.07 Å². The van der Waals surface area contributed by atoms with Gasteiger partial charge in [0.1, 0.15) is 5.75 Å². The van der Waals surface area contributed by atoms with E-state index in [1.54, 1.807) is 12.1 Å². The SMILES string of the molecule is C[Si](C)(C)CCOc1ccc(N)cc1Cl. The molecule has 1 aromatic rings. The summed E-state index contributed by atoms with van der Waals surface area (Å²) >= 11 is 5.99. The fourth-order valence-electron chi connectivity index (χ4n) is 1.10. The van der Waals surface area contributed by atoms with E-state index in [0.717, 1.165) is 18.4 Å². The van der Waals surface area contributed by atoms with E-state index >= 15 is 0 Å². The zero-order valence-corrected chi connectivity index (χ0v) is 11.3. The molecule has 0 saturated heterocycles. The summed E-state index contributed by atoms with van der Waals surface area (Å²) in [5.41, 5.74) is 6.26. The van der Waals surface area contributed by atoms with Crippen molar-refractivity contribution in [3.63, 3.8) is 0 Å². The molecule has 0 bridgehead atoms. The molecule has 0 spiro atoms. The average Bonchev–Trinajstić information content (AvgIpc) is 2.07. The van der Waals surface area contributed by atoms with Crippen molar-refractivity contribution in [1.29, 1.82) is 0 Å².